The Bertz CT molecular complexity index is 856. The average Bonchev–Trinajstić information content (AvgIpc) is 2.73. The standard InChI is InChI=1S/C24H30N2O4/c1-5-28-22-15-19(9-12-21(22)30-14-13-17(3)4)23(24(27)29-6-2)26-20-10-7-18(16-25)8-11-20/h7-12,15,17,23,26H,5-6,13-14H2,1-4H3. The first-order valence-electron chi connectivity index (χ1n) is 10.3. The second-order valence-corrected chi connectivity index (χ2v) is 7.19. The highest BCUT2D eigenvalue weighted by molar-refractivity contribution is 5.81. The zero-order valence-corrected chi connectivity index (χ0v) is 18.1. The minimum Gasteiger partial charge on any atom is -0.490 e. The van der Waals surface area contributed by atoms with Crippen molar-refractivity contribution in [3.05, 3.63) is 53.6 Å². The van der Waals surface area contributed by atoms with Crippen LogP contribution in [0.2, 0.25) is 0 Å². The van der Waals surface area contributed by atoms with Crippen molar-refractivity contribution in [2.24, 2.45) is 5.92 Å². The van der Waals surface area contributed by atoms with Gasteiger partial charge >= 0.3 is 5.97 Å². The normalized spacial score (nSPS) is 11.5. The van der Waals surface area contributed by atoms with E-state index >= 15 is 0 Å². The molecule has 160 valence electrons. The van der Waals surface area contributed by atoms with Crippen LogP contribution in [0.3, 0.4) is 0 Å². The number of rotatable bonds is 11. The lowest BCUT2D eigenvalue weighted by Gasteiger charge is -2.21. The highest BCUT2D eigenvalue weighted by Gasteiger charge is 2.23. The third-order valence-corrected chi connectivity index (χ3v) is 4.40. The fraction of sp³-hybridized carbons (Fsp3) is 0.417. The molecular weight excluding hydrogens is 380 g/mol. The van der Waals surface area contributed by atoms with Gasteiger partial charge in [-0.05, 0) is 68.1 Å². The molecule has 0 radical (unpaired) electrons. The molecule has 0 saturated carbocycles. The van der Waals surface area contributed by atoms with Gasteiger partial charge in [-0.2, -0.15) is 5.26 Å². The van der Waals surface area contributed by atoms with Crippen LogP contribution in [0.4, 0.5) is 5.69 Å². The molecule has 0 aromatic heterocycles. The summed E-state index contributed by atoms with van der Waals surface area (Å²) in [5, 5.41) is 12.2. The smallest absolute Gasteiger partial charge is 0.333 e. The number of nitrogens with zero attached hydrogens (tertiary/aromatic N) is 1. The summed E-state index contributed by atoms with van der Waals surface area (Å²) >= 11 is 0. The van der Waals surface area contributed by atoms with E-state index in [1.807, 2.05) is 25.1 Å². The number of nitrogens with one attached hydrogen (secondary N) is 1. The molecular formula is C24H30N2O4. The van der Waals surface area contributed by atoms with Gasteiger partial charge in [0.05, 0.1) is 31.5 Å². The summed E-state index contributed by atoms with van der Waals surface area (Å²) in [5.41, 5.74) is 1.97. The molecule has 0 spiro atoms. The Labute approximate surface area is 178 Å². The van der Waals surface area contributed by atoms with Gasteiger partial charge in [-0.25, -0.2) is 4.79 Å². The number of ether oxygens (including phenoxy) is 3. The minimum absolute atomic E-state index is 0.277. The van der Waals surface area contributed by atoms with Crippen LogP contribution in [0.5, 0.6) is 11.5 Å². The van der Waals surface area contributed by atoms with Crippen molar-refractivity contribution in [1.29, 1.82) is 5.26 Å². The molecule has 2 aromatic carbocycles. The van der Waals surface area contributed by atoms with E-state index in [0.717, 1.165) is 6.42 Å². The Morgan fingerprint density at radius 1 is 1.03 bits per heavy atom. The molecule has 0 heterocycles. The summed E-state index contributed by atoms with van der Waals surface area (Å²) in [6, 6.07) is 13.8. The highest BCUT2D eigenvalue weighted by Crippen LogP contribution is 2.32. The SMILES string of the molecule is CCOC(=O)C(Nc1ccc(C#N)cc1)c1ccc(OCCC(C)C)c(OCC)c1. The van der Waals surface area contributed by atoms with E-state index in [2.05, 4.69) is 25.2 Å². The number of benzene rings is 2. The molecule has 6 nitrogen and oxygen atoms in total. The van der Waals surface area contributed by atoms with Gasteiger partial charge in [0.15, 0.2) is 17.5 Å². The Morgan fingerprint density at radius 3 is 2.37 bits per heavy atom. The van der Waals surface area contributed by atoms with E-state index in [4.69, 9.17) is 19.5 Å². The third kappa shape index (κ3) is 6.70. The molecule has 30 heavy (non-hydrogen) atoms. The largest absolute Gasteiger partial charge is 0.490 e. The molecule has 2 rings (SSSR count). The number of nitriles is 1. The van der Waals surface area contributed by atoms with Crippen molar-refractivity contribution >= 4 is 11.7 Å². The molecule has 0 bridgehead atoms. The van der Waals surface area contributed by atoms with E-state index in [0.29, 0.717) is 47.4 Å². The Morgan fingerprint density at radius 2 is 1.77 bits per heavy atom. The van der Waals surface area contributed by atoms with Gasteiger partial charge in [0, 0.05) is 5.69 Å². The van der Waals surface area contributed by atoms with Crippen molar-refractivity contribution < 1.29 is 19.0 Å². The fourth-order valence-electron chi connectivity index (χ4n) is 2.81. The number of carbonyl (C=O) groups excluding carboxylic acids is 1. The molecule has 1 atom stereocenters. The molecule has 0 aliphatic carbocycles. The Kier molecular flexibility index (Phi) is 9.02. The van der Waals surface area contributed by atoms with Crippen molar-refractivity contribution in [3.63, 3.8) is 0 Å². The summed E-state index contributed by atoms with van der Waals surface area (Å²) in [5.74, 6) is 1.40. The number of carbonyl (C=O) groups is 1. The first-order valence-corrected chi connectivity index (χ1v) is 10.3. The second kappa shape index (κ2) is 11.7. The van der Waals surface area contributed by atoms with Crippen LogP contribution in [-0.4, -0.2) is 25.8 Å². The predicted octanol–water partition coefficient (Wildman–Crippen LogP) is 5.10. The van der Waals surface area contributed by atoms with Gasteiger partial charge < -0.3 is 19.5 Å². The maximum atomic E-state index is 12.7. The maximum absolute atomic E-state index is 12.7. The number of esters is 1. The summed E-state index contributed by atoms with van der Waals surface area (Å²) in [6.45, 7) is 9.33. The van der Waals surface area contributed by atoms with E-state index < -0.39 is 12.0 Å². The lowest BCUT2D eigenvalue weighted by molar-refractivity contribution is -0.144. The summed E-state index contributed by atoms with van der Waals surface area (Å²) in [4.78, 5) is 12.7. The first-order chi connectivity index (χ1) is 14.5. The highest BCUT2D eigenvalue weighted by atomic mass is 16.5. The van der Waals surface area contributed by atoms with Crippen LogP contribution in [0.1, 0.15) is 51.3 Å². The van der Waals surface area contributed by atoms with Crippen LogP contribution in [-0.2, 0) is 9.53 Å². The molecule has 0 aliphatic heterocycles. The topological polar surface area (TPSA) is 80.6 Å². The molecule has 0 fully saturated rings. The van der Waals surface area contributed by atoms with Gasteiger partial charge in [-0.15, -0.1) is 0 Å². The van der Waals surface area contributed by atoms with E-state index in [1.54, 1.807) is 31.2 Å². The minimum atomic E-state index is -0.721. The first kappa shape index (κ1) is 23.1. The molecule has 2 aromatic rings. The maximum Gasteiger partial charge on any atom is 0.333 e. The van der Waals surface area contributed by atoms with Crippen LogP contribution in [0.15, 0.2) is 42.5 Å². The van der Waals surface area contributed by atoms with Crippen molar-refractivity contribution in [1.82, 2.24) is 0 Å². The van der Waals surface area contributed by atoms with Crippen molar-refractivity contribution in [2.45, 2.75) is 40.2 Å². The van der Waals surface area contributed by atoms with Gasteiger partial charge in [0.1, 0.15) is 0 Å². The number of hydrogen-bond acceptors (Lipinski definition) is 6. The average molecular weight is 411 g/mol. The number of hydrogen-bond donors (Lipinski definition) is 1. The van der Waals surface area contributed by atoms with Gasteiger partial charge in [0.25, 0.3) is 0 Å². The molecule has 1 N–H and O–H groups in total. The molecule has 0 amide bonds. The monoisotopic (exact) mass is 410 g/mol. The van der Waals surface area contributed by atoms with Crippen LogP contribution in [0, 0.1) is 17.2 Å². The lowest BCUT2D eigenvalue weighted by Crippen LogP contribution is -2.23. The van der Waals surface area contributed by atoms with Gasteiger partial charge in [-0.3, -0.25) is 0 Å². The number of anilines is 1. The van der Waals surface area contributed by atoms with Gasteiger partial charge in [-0.1, -0.05) is 19.9 Å². The second-order valence-electron chi connectivity index (χ2n) is 7.19. The van der Waals surface area contributed by atoms with Crippen LogP contribution < -0.4 is 14.8 Å². The zero-order valence-electron chi connectivity index (χ0n) is 18.1. The van der Waals surface area contributed by atoms with Crippen LogP contribution in [0.25, 0.3) is 0 Å². The molecule has 0 aliphatic rings. The van der Waals surface area contributed by atoms with E-state index in [9.17, 15) is 4.79 Å². The van der Waals surface area contributed by atoms with Crippen LogP contribution >= 0.6 is 0 Å². The summed E-state index contributed by atoms with van der Waals surface area (Å²) < 4.78 is 16.9. The summed E-state index contributed by atoms with van der Waals surface area (Å²) in [6.07, 6.45) is 0.943. The fourth-order valence-corrected chi connectivity index (χ4v) is 2.81. The van der Waals surface area contributed by atoms with E-state index in [1.165, 1.54) is 0 Å². The quantitative estimate of drug-likeness (QED) is 0.519. The molecule has 0 saturated heterocycles. The lowest BCUT2D eigenvalue weighted by atomic mass is 10.1. The van der Waals surface area contributed by atoms with Crippen molar-refractivity contribution in [2.75, 3.05) is 25.1 Å². The Hall–Kier alpha value is -3.20. The predicted molar refractivity (Wildman–Crippen MR) is 117 cm³/mol. The molecule has 1 unspecified atom stereocenters. The zero-order chi connectivity index (χ0) is 21.9. The summed E-state index contributed by atoms with van der Waals surface area (Å²) in [7, 11) is 0. The van der Waals surface area contributed by atoms with Gasteiger partial charge in [0.2, 0.25) is 0 Å². The van der Waals surface area contributed by atoms with E-state index in [-0.39, 0.29) is 6.61 Å². The third-order valence-electron chi connectivity index (χ3n) is 4.40. The Balaban J connectivity index is 2.30. The van der Waals surface area contributed by atoms with Crippen molar-refractivity contribution in [3.8, 4) is 17.6 Å². The molecule has 6 heteroatoms.